The van der Waals surface area contributed by atoms with Crippen LogP contribution in [0.25, 0.3) is 0 Å². The Kier molecular flexibility index (Phi) is 3.35. The number of likely N-dealkylation sites (N-methyl/N-ethyl adjacent to an activating group) is 1. The summed E-state index contributed by atoms with van der Waals surface area (Å²) in [6.07, 6.45) is 2.41. The highest BCUT2D eigenvalue weighted by Gasteiger charge is 2.37. The molecule has 0 bridgehead atoms. The minimum absolute atomic E-state index is 0.115. The number of aromatic nitrogens is 1. The van der Waals surface area contributed by atoms with Crippen molar-refractivity contribution in [3.63, 3.8) is 0 Å². The summed E-state index contributed by atoms with van der Waals surface area (Å²) in [7, 11) is 1.78. The van der Waals surface area contributed by atoms with Gasteiger partial charge in [-0.25, -0.2) is 4.98 Å². The van der Waals surface area contributed by atoms with Crippen LogP contribution in [0.2, 0.25) is 5.15 Å². The van der Waals surface area contributed by atoms with E-state index in [9.17, 15) is 4.79 Å². The normalized spacial score (nSPS) is 23.7. The zero-order valence-electron chi connectivity index (χ0n) is 9.94. The number of carbonyl (C=O) groups is 1. The largest absolute Gasteiger partial charge is 0.379 e. The quantitative estimate of drug-likeness (QED) is 0.758. The first kappa shape index (κ1) is 12.3. The molecule has 0 aliphatic carbocycles. The molecule has 1 fully saturated rings. The summed E-state index contributed by atoms with van der Waals surface area (Å²) >= 11 is 5.93. The van der Waals surface area contributed by atoms with E-state index in [1.165, 1.54) is 0 Å². The topological polar surface area (TPSA) is 42.4 Å². The highest BCUT2D eigenvalue weighted by Crippen LogP contribution is 2.26. The van der Waals surface area contributed by atoms with E-state index in [0.717, 1.165) is 6.42 Å². The Bertz CT molecular complexity index is 430. The average Bonchev–Trinajstić information content (AvgIpc) is 2.76. The number of amides is 1. The maximum atomic E-state index is 12.3. The van der Waals surface area contributed by atoms with Gasteiger partial charge in [0.05, 0.1) is 17.7 Å². The first-order chi connectivity index (χ1) is 8.04. The van der Waals surface area contributed by atoms with Crippen molar-refractivity contribution in [2.45, 2.75) is 18.9 Å². The van der Waals surface area contributed by atoms with Crippen LogP contribution in [0, 0.1) is 0 Å². The molecule has 0 spiro atoms. The van der Waals surface area contributed by atoms with Gasteiger partial charge in [0.2, 0.25) is 0 Å². The fraction of sp³-hybridized carbons (Fsp3) is 0.500. The van der Waals surface area contributed by atoms with E-state index in [-0.39, 0.29) is 16.6 Å². The van der Waals surface area contributed by atoms with E-state index in [1.54, 1.807) is 30.3 Å². The Morgan fingerprint density at radius 3 is 3.00 bits per heavy atom. The lowest BCUT2D eigenvalue weighted by molar-refractivity contribution is 0.0551. The highest BCUT2D eigenvalue weighted by atomic mass is 35.5. The summed E-state index contributed by atoms with van der Waals surface area (Å²) in [6, 6.07) is 3.40. The van der Waals surface area contributed by atoms with E-state index in [4.69, 9.17) is 16.3 Å². The predicted octanol–water partition coefficient (Wildman–Crippen LogP) is 1.99. The van der Waals surface area contributed by atoms with Crippen molar-refractivity contribution >= 4 is 17.5 Å². The molecule has 5 heteroatoms. The van der Waals surface area contributed by atoms with Crippen molar-refractivity contribution in [2.75, 3.05) is 20.3 Å². The van der Waals surface area contributed by atoms with Crippen LogP contribution in [-0.2, 0) is 4.74 Å². The van der Waals surface area contributed by atoms with E-state index >= 15 is 0 Å². The minimum atomic E-state index is -0.254. The monoisotopic (exact) mass is 254 g/mol. The van der Waals surface area contributed by atoms with Gasteiger partial charge in [-0.1, -0.05) is 11.6 Å². The lowest BCUT2D eigenvalue weighted by Gasteiger charge is -2.34. The highest BCUT2D eigenvalue weighted by molar-refractivity contribution is 6.32. The molecule has 2 rings (SSSR count). The first-order valence-corrected chi connectivity index (χ1v) is 5.89. The summed E-state index contributed by atoms with van der Waals surface area (Å²) in [5.74, 6) is -0.115. The van der Waals surface area contributed by atoms with Gasteiger partial charge in [-0.3, -0.25) is 4.79 Å². The fourth-order valence-electron chi connectivity index (χ4n) is 1.89. The number of rotatable bonds is 2. The molecule has 1 aromatic rings. The smallest absolute Gasteiger partial charge is 0.257 e. The SMILES string of the molecule is CN(C(=O)c1cccnc1Cl)C1(C)CCOC1. The zero-order valence-corrected chi connectivity index (χ0v) is 10.7. The molecule has 4 nitrogen and oxygen atoms in total. The molecule has 17 heavy (non-hydrogen) atoms. The van der Waals surface area contributed by atoms with Gasteiger partial charge >= 0.3 is 0 Å². The summed E-state index contributed by atoms with van der Waals surface area (Å²) in [5.41, 5.74) is 0.181. The Hall–Kier alpha value is -1.13. The molecule has 0 radical (unpaired) electrons. The van der Waals surface area contributed by atoms with Crippen LogP contribution in [0.4, 0.5) is 0 Å². The van der Waals surface area contributed by atoms with Crippen molar-refractivity contribution in [3.05, 3.63) is 29.0 Å². The molecule has 0 N–H and O–H groups in total. The van der Waals surface area contributed by atoms with Crippen LogP contribution in [-0.4, -0.2) is 41.6 Å². The van der Waals surface area contributed by atoms with Gasteiger partial charge in [0.25, 0.3) is 5.91 Å². The molecule has 1 aliphatic heterocycles. The molecule has 1 saturated heterocycles. The van der Waals surface area contributed by atoms with Crippen LogP contribution < -0.4 is 0 Å². The first-order valence-electron chi connectivity index (χ1n) is 5.51. The molecule has 92 valence electrons. The van der Waals surface area contributed by atoms with E-state index in [2.05, 4.69) is 4.98 Å². The fourth-order valence-corrected chi connectivity index (χ4v) is 2.09. The Labute approximate surface area is 106 Å². The summed E-state index contributed by atoms with van der Waals surface area (Å²) < 4.78 is 5.36. The molecule has 1 unspecified atom stereocenters. The Balaban J connectivity index is 2.23. The molecule has 1 aliphatic rings. The van der Waals surface area contributed by atoms with Gasteiger partial charge in [-0.2, -0.15) is 0 Å². The second kappa shape index (κ2) is 4.63. The van der Waals surface area contributed by atoms with E-state index in [0.29, 0.717) is 18.8 Å². The zero-order chi connectivity index (χ0) is 12.5. The molecule has 0 saturated carbocycles. The van der Waals surface area contributed by atoms with Crippen LogP contribution in [0.1, 0.15) is 23.7 Å². The lowest BCUT2D eigenvalue weighted by atomic mass is 9.99. The third-order valence-corrected chi connectivity index (χ3v) is 3.60. The molecule has 1 amide bonds. The molecular weight excluding hydrogens is 240 g/mol. The van der Waals surface area contributed by atoms with Crippen LogP contribution in [0.5, 0.6) is 0 Å². The van der Waals surface area contributed by atoms with E-state index in [1.807, 2.05) is 6.92 Å². The molecule has 0 aromatic carbocycles. The number of carbonyl (C=O) groups excluding carboxylic acids is 1. The number of hydrogen-bond donors (Lipinski definition) is 0. The van der Waals surface area contributed by atoms with Crippen molar-refractivity contribution in [3.8, 4) is 0 Å². The standard InChI is InChI=1S/C12H15ClN2O2/c1-12(5-7-17-8-12)15(2)11(16)9-4-3-6-14-10(9)13/h3-4,6H,5,7-8H2,1-2H3. The summed E-state index contributed by atoms with van der Waals surface area (Å²) in [6.45, 7) is 3.27. The van der Waals surface area contributed by atoms with Crippen LogP contribution >= 0.6 is 11.6 Å². The third-order valence-electron chi connectivity index (χ3n) is 3.30. The maximum Gasteiger partial charge on any atom is 0.257 e. The summed E-state index contributed by atoms with van der Waals surface area (Å²) in [4.78, 5) is 17.9. The number of hydrogen-bond acceptors (Lipinski definition) is 3. The van der Waals surface area contributed by atoms with Gasteiger partial charge in [0.15, 0.2) is 0 Å². The van der Waals surface area contributed by atoms with Crippen molar-refractivity contribution in [1.82, 2.24) is 9.88 Å². The number of halogens is 1. The van der Waals surface area contributed by atoms with E-state index < -0.39 is 0 Å². The molecular formula is C12H15ClN2O2. The van der Waals surface area contributed by atoms with Gasteiger partial charge < -0.3 is 9.64 Å². The lowest BCUT2D eigenvalue weighted by Crippen LogP contribution is -2.47. The van der Waals surface area contributed by atoms with Crippen molar-refractivity contribution < 1.29 is 9.53 Å². The summed E-state index contributed by atoms with van der Waals surface area (Å²) in [5, 5.41) is 0.242. The van der Waals surface area contributed by atoms with Gasteiger partial charge in [0, 0.05) is 19.9 Å². The molecule has 1 aromatic heterocycles. The van der Waals surface area contributed by atoms with Crippen molar-refractivity contribution in [1.29, 1.82) is 0 Å². The minimum Gasteiger partial charge on any atom is -0.379 e. The molecule has 2 heterocycles. The Morgan fingerprint density at radius 1 is 1.65 bits per heavy atom. The predicted molar refractivity (Wildman–Crippen MR) is 65.2 cm³/mol. The van der Waals surface area contributed by atoms with Gasteiger partial charge in [-0.15, -0.1) is 0 Å². The molecule has 1 atom stereocenters. The number of nitrogens with zero attached hydrogens (tertiary/aromatic N) is 2. The third kappa shape index (κ3) is 2.28. The second-order valence-corrected chi connectivity index (χ2v) is 4.86. The van der Waals surface area contributed by atoms with Gasteiger partial charge in [0.1, 0.15) is 5.15 Å². The maximum absolute atomic E-state index is 12.3. The Morgan fingerprint density at radius 2 is 2.41 bits per heavy atom. The van der Waals surface area contributed by atoms with Gasteiger partial charge in [-0.05, 0) is 25.5 Å². The van der Waals surface area contributed by atoms with Crippen LogP contribution in [0.3, 0.4) is 0 Å². The average molecular weight is 255 g/mol. The number of ether oxygens (including phenoxy) is 1. The second-order valence-electron chi connectivity index (χ2n) is 4.51. The van der Waals surface area contributed by atoms with Crippen molar-refractivity contribution in [2.24, 2.45) is 0 Å². The number of pyridine rings is 1. The van der Waals surface area contributed by atoms with Crippen LogP contribution in [0.15, 0.2) is 18.3 Å².